The molecular weight excluding hydrogens is 206 g/mol. The van der Waals surface area contributed by atoms with Crippen molar-refractivity contribution in [2.24, 2.45) is 0 Å². The van der Waals surface area contributed by atoms with Crippen molar-refractivity contribution < 1.29 is 0 Å². The summed E-state index contributed by atoms with van der Waals surface area (Å²) in [5, 5.41) is 2.62. The van der Waals surface area contributed by atoms with E-state index in [-0.39, 0.29) is 0 Å². The summed E-state index contributed by atoms with van der Waals surface area (Å²) in [5.74, 6) is 0. The summed E-state index contributed by atoms with van der Waals surface area (Å²) in [5.41, 5.74) is 5.47. The molecule has 0 saturated carbocycles. The highest BCUT2D eigenvalue weighted by Gasteiger charge is 2.17. The number of fused-ring (bicyclic) bond motifs is 2. The van der Waals surface area contributed by atoms with Crippen molar-refractivity contribution in [1.82, 2.24) is 4.98 Å². The van der Waals surface area contributed by atoms with Gasteiger partial charge >= 0.3 is 0 Å². The van der Waals surface area contributed by atoms with Gasteiger partial charge in [0, 0.05) is 24.2 Å². The first-order valence-electron chi connectivity index (χ1n) is 5.87. The lowest BCUT2D eigenvalue weighted by Gasteiger charge is -2.19. The third-order valence-electron chi connectivity index (χ3n) is 3.55. The van der Waals surface area contributed by atoms with E-state index in [0.717, 1.165) is 6.42 Å². The van der Waals surface area contributed by atoms with Crippen LogP contribution in [0.25, 0.3) is 21.9 Å². The zero-order chi connectivity index (χ0) is 11.2. The zero-order valence-electron chi connectivity index (χ0n) is 9.35. The van der Waals surface area contributed by atoms with Gasteiger partial charge in [-0.05, 0) is 27.6 Å². The van der Waals surface area contributed by atoms with Gasteiger partial charge in [-0.2, -0.15) is 0 Å². The van der Waals surface area contributed by atoms with Crippen LogP contribution in [0.3, 0.4) is 0 Å². The van der Waals surface area contributed by atoms with Crippen LogP contribution in [0.1, 0.15) is 11.1 Å². The molecular formula is C16H11N. The van der Waals surface area contributed by atoms with E-state index in [1.807, 2.05) is 12.4 Å². The average Bonchev–Trinajstić information content (AvgIpc) is 2.39. The first-order valence-corrected chi connectivity index (χ1v) is 5.87. The molecule has 80 valence electrons. The second kappa shape index (κ2) is 3.17. The van der Waals surface area contributed by atoms with Crippen LogP contribution in [0.15, 0.2) is 54.9 Å². The highest BCUT2D eigenvalue weighted by atomic mass is 14.6. The van der Waals surface area contributed by atoms with Crippen molar-refractivity contribution in [3.05, 3.63) is 66.0 Å². The number of aromatic nitrogens is 1. The highest BCUT2D eigenvalue weighted by Crippen LogP contribution is 2.38. The van der Waals surface area contributed by atoms with Gasteiger partial charge in [0.25, 0.3) is 0 Å². The summed E-state index contributed by atoms with van der Waals surface area (Å²) in [6.07, 6.45) is 4.95. The Hall–Kier alpha value is -2.15. The Morgan fingerprint density at radius 3 is 2.65 bits per heavy atom. The summed E-state index contributed by atoms with van der Waals surface area (Å²) < 4.78 is 0. The van der Waals surface area contributed by atoms with Gasteiger partial charge in [-0.3, -0.25) is 4.98 Å². The Bertz CT molecular complexity index is 723. The number of hydrogen-bond acceptors (Lipinski definition) is 1. The third-order valence-corrected chi connectivity index (χ3v) is 3.55. The molecule has 4 rings (SSSR count). The van der Waals surface area contributed by atoms with Crippen molar-refractivity contribution in [2.75, 3.05) is 0 Å². The summed E-state index contributed by atoms with van der Waals surface area (Å²) in [6, 6.07) is 15.1. The lowest BCUT2D eigenvalue weighted by Crippen LogP contribution is -2.01. The largest absolute Gasteiger partial charge is 0.264 e. The van der Waals surface area contributed by atoms with E-state index in [4.69, 9.17) is 0 Å². The Balaban J connectivity index is 2.22. The van der Waals surface area contributed by atoms with Crippen molar-refractivity contribution in [3.63, 3.8) is 0 Å². The van der Waals surface area contributed by atoms with Crippen molar-refractivity contribution in [3.8, 4) is 11.1 Å². The monoisotopic (exact) mass is 217 g/mol. The minimum absolute atomic E-state index is 0.998. The first-order chi connectivity index (χ1) is 8.43. The molecule has 0 spiro atoms. The van der Waals surface area contributed by atoms with Crippen LogP contribution in [0.4, 0.5) is 0 Å². The fraction of sp³-hybridized carbons (Fsp3) is 0.0625. The molecule has 1 nitrogen and oxygen atoms in total. The maximum atomic E-state index is 4.33. The van der Waals surface area contributed by atoms with Crippen molar-refractivity contribution >= 4 is 10.8 Å². The van der Waals surface area contributed by atoms with Crippen LogP contribution < -0.4 is 0 Å². The number of benzene rings is 2. The molecule has 1 heteroatoms. The molecule has 0 N–H and O–H groups in total. The zero-order valence-corrected chi connectivity index (χ0v) is 9.35. The molecule has 17 heavy (non-hydrogen) atoms. The first kappa shape index (κ1) is 8.94. The Labute approximate surface area is 99.7 Å². The SMILES string of the molecule is c1ccc2c(c1)Cc1cncc3cccc-2c13. The molecule has 2 aromatic carbocycles. The smallest absolute Gasteiger partial charge is 0.0346 e. The van der Waals surface area contributed by atoms with Gasteiger partial charge in [0.05, 0.1) is 0 Å². The standard InChI is InChI=1S/C16H11N/c1-2-6-14-11(4-1)8-13-10-17-9-12-5-3-7-15(14)16(12)13/h1-7,9-10H,8H2. The fourth-order valence-electron chi connectivity index (χ4n) is 2.81. The quantitative estimate of drug-likeness (QED) is 0.436. The lowest BCUT2D eigenvalue weighted by molar-refractivity contribution is 1.16. The second-order valence-corrected chi connectivity index (χ2v) is 4.54. The summed E-state index contributed by atoms with van der Waals surface area (Å²) in [7, 11) is 0. The Morgan fingerprint density at radius 2 is 1.65 bits per heavy atom. The van der Waals surface area contributed by atoms with Crippen LogP contribution >= 0.6 is 0 Å². The molecule has 0 amide bonds. The van der Waals surface area contributed by atoms with E-state index >= 15 is 0 Å². The van der Waals surface area contributed by atoms with Gasteiger partial charge < -0.3 is 0 Å². The summed E-state index contributed by atoms with van der Waals surface area (Å²) in [4.78, 5) is 4.33. The number of hydrogen-bond donors (Lipinski definition) is 0. The van der Waals surface area contributed by atoms with Crippen molar-refractivity contribution in [1.29, 1.82) is 0 Å². The maximum Gasteiger partial charge on any atom is 0.0346 e. The van der Waals surface area contributed by atoms with Crippen LogP contribution in [-0.4, -0.2) is 4.98 Å². The van der Waals surface area contributed by atoms with Gasteiger partial charge in [-0.25, -0.2) is 0 Å². The molecule has 0 radical (unpaired) electrons. The summed E-state index contributed by atoms with van der Waals surface area (Å²) in [6.45, 7) is 0. The van der Waals surface area contributed by atoms with Crippen LogP contribution in [0, 0.1) is 0 Å². The topological polar surface area (TPSA) is 12.9 Å². The van der Waals surface area contributed by atoms with E-state index in [0.29, 0.717) is 0 Å². The lowest BCUT2D eigenvalue weighted by atomic mass is 9.85. The fourth-order valence-corrected chi connectivity index (χ4v) is 2.81. The van der Waals surface area contributed by atoms with E-state index in [1.54, 1.807) is 0 Å². The molecule has 0 bridgehead atoms. The van der Waals surface area contributed by atoms with E-state index < -0.39 is 0 Å². The molecule has 0 fully saturated rings. The van der Waals surface area contributed by atoms with Gasteiger partial charge in [-0.1, -0.05) is 42.5 Å². The van der Waals surface area contributed by atoms with Crippen LogP contribution in [0.5, 0.6) is 0 Å². The molecule has 0 unspecified atom stereocenters. The third kappa shape index (κ3) is 1.17. The molecule has 1 aliphatic rings. The van der Waals surface area contributed by atoms with E-state index in [2.05, 4.69) is 47.4 Å². The molecule has 0 aliphatic heterocycles. The maximum absolute atomic E-state index is 4.33. The molecule has 3 aromatic rings. The summed E-state index contributed by atoms with van der Waals surface area (Å²) >= 11 is 0. The minimum Gasteiger partial charge on any atom is -0.264 e. The predicted octanol–water partition coefficient (Wildman–Crippen LogP) is 3.81. The number of nitrogens with zero attached hydrogens (tertiary/aromatic N) is 1. The predicted molar refractivity (Wildman–Crippen MR) is 70.0 cm³/mol. The van der Waals surface area contributed by atoms with Crippen LogP contribution in [-0.2, 0) is 6.42 Å². The molecule has 1 heterocycles. The van der Waals surface area contributed by atoms with Gasteiger partial charge in [0.1, 0.15) is 0 Å². The molecule has 0 atom stereocenters. The van der Waals surface area contributed by atoms with Gasteiger partial charge in [0.2, 0.25) is 0 Å². The number of pyridine rings is 1. The molecule has 1 aromatic heterocycles. The minimum atomic E-state index is 0.998. The highest BCUT2D eigenvalue weighted by molar-refractivity contribution is 6.01. The number of rotatable bonds is 0. The Morgan fingerprint density at radius 1 is 0.765 bits per heavy atom. The van der Waals surface area contributed by atoms with Crippen LogP contribution in [0.2, 0.25) is 0 Å². The normalized spacial score (nSPS) is 12.5. The van der Waals surface area contributed by atoms with E-state index in [1.165, 1.54) is 33.0 Å². The van der Waals surface area contributed by atoms with Gasteiger partial charge in [0.15, 0.2) is 0 Å². The van der Waals surface area contributed by atoms with Crippen molar-refractivity contribution in [2.45, 2.75) is 6.42 Å². The molecule has 1 aliphatic carbocycles. The molecule has 0 saturated heterocycles. The average molecular weight is 217 g/mol. The second-order valence-electron chi connectivity index (χ2n) is 4.54. The Kier molecular flexibility index (Phi) is 1.67. The van der Waals surface area contributed by atoms with Gasteiger partial charge in [-0.15, -0.1) is 0 Å². The van der Waals surface area contributed by atoms with E-state index in [9.17, 15) is 0 Å².